The van der Waals surface area contributed by atoms with Gasteiger partial charge in [0.1, 0.15) is 11.6 Å². The first-order valence-electron chi connectivity index (χ1n) is 12.8. The van der Waals surface area contributed by atoms with Gasteiger partial charge in [-0.25, -0.2) is 17.7 Å². The molecule has 0 aliphatic heterocycles. The molecule has 12 heteroatoms. The second kappa shape index (κ2) is 12.0. The summed E-state index contributed by atoms with van der Waals surface area (Å²) in [5.74, 6) is -1.21. The van der Waals surface area contributed by atoms with Crippen LogP contribution in [0.2, 0.25) is 0 Å². The number of alkyl halides is 2. The molecule has 0 unspecified atom stereocenters. The number of fused-ring (bicyclic) bond motifs is 1. The Morgan fingerprint density at radius 3 is 2.36 bits per heavy atom. The van der Waals surface area contributed by atoms with Crippen molar-refractivity contribution in [3.8, 4) is 16.9 Å². The predicted octanol–water partition coefficient (Wildman–Crippen LogP) is 5.12. The Kier molecular flexibility index (Phi) is 8.05. The highest BCUT2D eigenvalue weighted by Crippen LogP contribution is 2.35. The molecule has 0 fully saturated rings. The van der Waals surface area contributed by atoms with E-state index in [1.807, 2.05) is 6.07 Å². The third-order valence-corrected chi connectivity index (χ3v) is 6.51. The minimum absolute atomic E-state index is 0.0105. The minimum atomic E-state index is -2.72. The number of nitrogens with one attached hydrogen (secondary N) is 2. The Bertz CT molecular complexity index is 1760. The molecule has 0 bridgehead atoms. The maximum absolute atomic E-state index is 13.2. The Labute approximate surface area is 238 Å². The molecule has 2 amide bonds. The molecular weight excluding hydrogens is 549 g/mol. The molecule has 5 aromatic rings. The molecular formula is C30H25F3N6O3. The van der Waals surface area contributed by atoms with Crippen LogP contribution in [-0.4, -0.2) is 39.9 Å². The van der Waals surface area contributed by atoms with Gasteiger partial charge >= 0.3 is 0 Å². The van der Waals surface area contributed by atoms with Gasteiger partial charge in [0.15, 0.2) is 5.65 Å². The van der Waals surface area contributed by atoms with Crippen molar-refractivity contribution in [3.63, 3.8) is 0 Å². The van der Waals surface area contributed by atoms with Crippen molar-refractivity contribution >= 4 is 29.1 Å². The lowest BCUT2D eigenvalue weighted by Gasteiger charge is -2.16. The summed E-state index contributed by atoms with van der Waals surface area (Å²) in [7, 11) is 1.31. The molecule has 9 nitrogen and oxygen atoms in total. The van der Waals surface area contributed by atoms with Gasteiger partial charge in [-0.15, -0.1) is 5.10 Å². The number of anilines is 2. The number of primary amides is 1. The highest BCUT2D eigenvalue weighted by atomic mass is 19.3. The molecule has 3 aromatic carbocycles. The van der Waals surface area contributed by atoms with Crippen LogP contribution in [0.5, 0.6) is 5.75 Å². The van der Waals surface area contributed by atoms with Crippen LogP contribution < -0.4 is 21.1 Å². The molecule has 2 heterocycles. The maximum Gasteiger partial charge on any atom is 0.251 e. The number of carbonyl (C=O) groups excluding carboxylic acids is 2. The highest BCUT2D eigenvalue weighted by molar-refractivity contribution is 5.96. The lowest BCUT2D eigenvalue weighted by molar-refractivity contribution is 0.0949. The zero-order valence-corrected chi connectivity index (χ0v) is 22.3. The summed E-state index contributed by atoms with van der Waals surface area (Å²) in [6.45, 7) is 0.273. The van der Waals surface area contributed by atoms with Gasteiger partial charge in [-0.05, 0) is 59.7 Å². The number of rotatable bonds is 10. The lowest BCUT2D eigenvalue weighted by atomic mass is 10.0. The van der Waals surface area contributed by atoms with Crippen LogP contribution in [0.3, 0.4) is 0 Å². The number of amides is 2. The molecule has 2 aromatic heterocycles. The van der Waals surface area contributed by atoms with Crippen molar-refractivity contribution in [2.45, 2.75) is 19.4 Å². The first kappa shape index (κ1) is 28.1. The number of benzene rings is 3. The second-order valence-corrected chi connectivity index (χ2v) is 9.30. The number of hydrogen-bond donors (Lipinski definition) is 3. The first-order chi connectivity index (χ1) is 20.2. The van der Waals surface area contributed by atoms with Crippen LogP contribution in [0.1, 0.15) is 31.8 Å². The molecule has 5 rings (SSSR count). The van der Waals surface area contributed by atoms with Gasteiger partial charge in [0, 0.05) is 41.4 Å². The van der Waals surface area contributed by atoms with E-state index < -0.39 is 18.8 Å². The summed E-state index contributed by atoms with van der Waals surface area (Å²) in [6.07, 6.45) is -1.68. The summed E-state index contributed by atoms with van der Waals surface area (Å²) in [5.41, 5.74) is 9.01. The van der Waals surface area contributed by atoms with E-state index in [0.29, 0.717) is 16.9 Å². The van der Waals surface area contributed by atoms with Gasteiger partial charge in [0.05, 0.1) is 12.8 Å². The van der Waals surface area contributed by atoms with Crippen LogP contribution in [0, 0.1) is 5.82 Å². The van der Waals surface area contributed by atoms with E-state index in [2.05, 4.69) is 20.7 Å². The minimum Gasteiger partial charge on any atom is -0.494 e. The van der Waals surface area contributed by atoms with Crippen LogP contribution in [-0.2, 0) is 13.0 Å². The van der Waals surface area contributed by atoms with Crippen LogP contribution in [0.4, 0.5) is 24.8 Å². The van der Waals surface area contributed by atoms with E-state index in [9.17, 15) is 22.8 Å². The number of pyridine rings is 1. The van der Waals surface area contributed by atoms with E-state index in [1.54, 1.807) is 53.2 Å². The number of halogens is 3. The third kappa shape index (κ3) is 6.17. The second-order valence-electron chi connectivity index (χ2n) is 9.30. The number of nitrogens with zero attached hydrogens (tertiary/aromatic N) is 3. The molecule has 0 radical (unpaired) electrons. The van der Waals surface area contributed by atoms with Crippen molar-refractivity contribution in [1.82, 2.24) is 19.9 Å². The fraction of sp³-hybridized carbons (Fsp3) is 0.133. The topological polar surface area (TPSA) is 124 Å². The molecule has 42 heavy (non-hydrogen) atoms. The predicted molar refractivity (Wildman–Crippen MR) is 150 cm³/mol. The van der Waals surface area contributed by atoms with Gasteiger partial charge in [-0.1, -0.05) is 24.3 Å². The number of aromatic nitrogens is 3. The molecule has 214 valence electrons. The molecule has 0 aliphatic rings. The number of hydrogen-bond acceptors (Lipinski definition) is 6. The summed E-state index contributed by atoms with van der Waals surface area (Å²) in [6, 6.07) is 19.4. The monoisotopic (exact) mass is 574 g/mol. The van der Waals surface area contributed by atoms with Gasteiger partial charge in [0.25, 0.3) is 5.91 Å². The van der Waals surface area contributed by atoms with Crippen LogP contribution in [0.25, 0.3) is 16.8 Å². The fourth-order valence-electron chi connectivity index (χ4n) is 4.48. The third-order valence-electron chi connectivity index (χ3n) is 6.51. The van der Waals surface area contributed by atoms with Crippen molar-refractivity contribution in [2.75, 3.05) is 12.4 Å². The lowest BCUT2D eigenvalue weighted by Crippen LogP contribution is -2.22. The first-order valence-corrected chi connectivity index (χ1v) is 12.8. The van der Waals surface area contributed by atoms with Crippen molar-refractivity contribution in [2.24, 2.45) is 5.73 Å². The zero-order chi connectivity index (χ0) is 29.8. The molecule has 0 aliphatic carbocycles. The van der Waals surface area contributed by atoms with E-state index >= 15 is 0 Å². The normalized spacial score (nSPS) is 11.1. The van der Waals surface area contributed by atoms with Gasteiger partial charge < -0.3 is 21.1 Å². The SMILES string of the molecule is COc1c(Nc2nc3ccc(-c4ccc(C(=O)NCc5ccc(F)cc5)cc4)cn3n2)ccc(C(N)=O)c1CC(F)F. The standard InChI is InChI=1S/C30H25F3N6O3/c1-42-27-23(14-25(32)33)22(28(34)40)11-12-24(27)36-30-37-26-13-8-20(16-39(26)38-30)18-4-6-19(7-5-18)29(41)35-15-17-2-9-21(31)10-3-17/h2-13,16,25H,14-15H2,1H3,(H2,34,40)(H,35,41)(H,36,38). The van der Waals surface area contributed by atoms with Gasteiger partial charge in [-0.2, -0.15) is 4.98 Å². The largest absolute Gasteiger partial charge is 0.494 e. The van der Waals surface area contributed by atoms with Crippen molar-refractivity contribution < 1.29 is 27.5 Å². The van der Waals surface area contributed by atoms with E-state index in [1.165, 1.54) is 31.4 Å². The van der Waals surface area contributed by atoms with Crippen molar-refractivity contribution in [3.05, 3.63) is 107 Å². The van der Waals surface area contributed by atoms with E-state index in [4.69, 9.17) is 10.5 Å². The number of carbonyl (C=O) groups is 2. The van der Waals surface area contributed by atoms with E-state index in [-0.39, 0.29) is 41.1 Å². The molecule has 4 N–H and O–H groups in total. The quantitative estimate of drug-likeness (QED) is 0.213. The van der Waals surface area contributed by atoms with Gasteiger partial charge in [-0.3, -0.25) is 9.59 Å². The average molecular weight is 575 g/mol. The molecule has 0 atom stereocenters. The van der Waals surface area contributed by atoms with Crippen LogP contribution >= 0.6 is 0 Å². The Hall–Kier alpha value is -5.39. The summed E-state index contributed by atoms with van der Waals surface area (Å²) < 4.78 is 46.5. The van der Waals surface area contributed by atoms with Gasteiger partial charge in [0.2, 0.25) is 18.3 Å². The van der Waals surface area contributed by atoms with Crippen LogP contribution in [0.15, 0.2) is 79.0 Å². The zero-order valence-electron chi connectivity index (χ0n) is 22.3. The molecule has 0 saturated heterocycles. The van der Waals surface area contributed by atoms with Crippen molar-refractivity contribution in [1.29, 1.82) is 0 Å². The summed E-state index contributed by atoms with van der Waals surface area (Å²) in [4.78, 5) is 28.8. The van der Waals surface area contributed by atoms with E-state index in [0.717, 1.165) is 16.7 Å². The fourth-order valence-corrected chi connectivity index (χ4v) is 4.48. The Balaban J connectivity index is 1.33. The molecule has 0 spiro atoms. The number of ether oxygens (including phenoxy) is 1. The summed E-state index contributed by atoms with van der Waals surface area (Å²) in [5, 5.41) is 10.2. The smallest absolute Gasteiger partial charge is 0.251 e. The Morgan fingerprint density at radius 1 is 0.976 bits per heavy atom. The number of nitrogens with two attached hydrogens (primary N) is 1. The average Bonchev–Trinajstić information content (AvgIpc) is 3.38. The maximum atomic E-state index is 13.2. The summed E-state index contributed by atoms with van der Waals surface area (Å²) >= 11 is 0. The number of methoxy groups -OCH3 is 1. The Morgan fingerprint density at radius 2 is 1.69 bits per heavy atom. The molecule has 0 saturated carbocycles. The highest BCUT2D eigenvalue weighted by Gasteiger charge is 2.21.